The van der Waals surface area contributed by atoms with Crippen molar-refractivity contribution in [2.24, 2.45) is 0 Å². The Morgan fingerprint density at radius 3 is 2.46 bits per heavy atom. The SMILES string of the molecule is Cc1nc(Sc2ccc(CC(=O)O)cc2)ccc1CN1CCC(N2C(=O)OC[C@H]2c2ccccc2)CC1. The molecule has 3 heterocycles. The molecule has 0 radical (unpaired) electrons. The van der Waals surface area contributed by atoms with Crippen molar-refractivity contribution >= 4 is 23.8 Å². The third-order valence-corrected chi connectivity index (χ3v) is 8.06. The lowest BCUT2D eigenvalue weighted by Gasteiger charge is -2.38. The first-order valence-electron chi connectivity index (χ1n) is 12.6. The number of carboxylic acid groups (broad SMARTS) is 1. The van der Waals surface area contributed by atoms with Gasteiger partial charge in [-0.25, -0.2) is 9.78 Å². The predicted molar refractivity (Wildman–Crippen MR) is 142 cm³/mol. The van der Waals surface area contributed by atoms with E-state index in [-0.39, 0.29) is 24.6 Å². The first-order chi connectivity index (χ1) is 18.0. The summed E-state index contributed by atoms with van der Waals surface area (Å²) in [5, 5.41) is 9.85. The molecule has 2 aliphatic rings. The number of hydrogen-bond donors (Lipinski definition) is 1. The van der Waals surface area contributed by atoms with Gasteiger partial charge in [-0.15, -0.1) is 0 Å². The van der Waals surface area contributed by atoms with Crippen LogP contribution in [0, 0.1) is 6.92 Å². The maximum absolute atomic E-state index is 12.6. The molecule has 2 aliphatic heterocycles. The van der Waals surface area contributed by atoms with Crippen molar-refractivity contribution in [2.45, 2.75) is 54.7 Å². The Hall–Kier alpha value is -3.36. The number of piperidine rings is 1. The number of aliphatic carboxylic acids is 1. The highest BCUT2D eigenvalue weighted by Crippen LogP contribution is 2.33. The van der Waals surface area contributed by atoms with Gasteiger partial charge in [-0.2, -0.15) is 0 Å². The van der Waals surface area contributed by atoms with Crippen LogP contribution in [0.2, 0.25) is 0 Å². The number of rotatable bonds is 8. The van der Waals surface area contributed by atoms with Gasteiger partial charge in [0.1, 0.15) is 11.6 Å². The van der Waals surface area contributed by atoms with Crippen LogP contribution in [0.15, 0.2) is 76.7 Å². The van der Waals surface area contributed by atoms with E-state index in [0.29, 0.717) is 6.61 Å². The highest BCUT2D eigenvalue weighted by atomic mass is 32.2. The molecule has 0 spiro atoms. The van der Waals surface area contributed by atoms with Crippen LogP contribution in [0.25, 0.3) is 0 Å². The number of carboxylic acids is 1. The summed E-state index contributed by atoms with van der Waals surface area (Å²) in [5.74, 6) is -0.826. The number of amides is 1. The Balaban J connectivity index is 1.16. The average Bonchev–Trinajstić information content (AvgIpc) is 3.29. The van der Waals surface area contributed by atoms with Crippen molar-refractivity contribution in [3.63, 3.8) is 0 Å². The lowest BCUT2D eigenvalue weighted by molar-refractivity contribution is -0.136. The molecule has 2 aromatic carbocycles. The Labute approximate surface area is 221 Å². The molecule has 0 saturated carbocycles. The molecular weight excluding hydrogens is 486 g/mol. The summed E-state index contributed by atoms with van der Waals surface area (Å²) in [5.41, 5.74) is 4.15. The zero-order valence-corrected chi connectivity index (χ0v) is 21.7. The van der Waals surface area contributed by atoms with Crippen molar-refractivity contribution in [1.82, 2.24) is 14.8 Å². The van der Waals surface area contributed by atoms with Crippen LogP contribution in [-0.2, 0) is 22.5 Å². The zero-order valence-electron chi connectivity index (χ0n) is 20.9. The monoisotopic (exact) mass is 517 g/mol. The first kappa shape index (κ1) is 25.3. The van der Waals surface area contributed by atoms with Gasteiger partial charge < -0.3 is 9.84 Å². The van der Waals surface area contributed by atoms with E-state index in [1.807, 2.05) is 54.3 Å². The summed E-state index contributed by atoms with van der Waals surface area (Å²) < 4.78 is 5.44. The van der Waals surface area contributed by atoms with E-state index < -0.39 is 5.97 Å². The number of cyclic esters (lactones) is 1. The summed E-state index contributed by atoms with van der Waals surface area (Å²) in [6.45, 7) is 5.16. The minimum Gasteiger partial charge on any atom is -0.481 e. The first-order valence-corrected chi connectivity index (χ1v) is 13.5. The minimum absolute atomic E-state index is 0.00453. The van der Waals surface area contributed by atoms with Crippen molar-refractivity contribution < 1.29 is 19.4 Å². The van der Waals surface area contributed by atoms with Gasteiger partial charge in [0.05, 0.1) is 12.5 Å². The number of benzene rings is 2. The largest absolute Gasteiger partial charge is 0.481 e. The van der Waals surface area contributed by atoms with Crippen molar-refractivity contribution in [2.75, 3.05) is 19.7 Å². The predicted octanol–water partition coefficient (Wildman–Crippen LogP) is 5.33. The number of hydrogen-bond acceptors (Lipinski definition) is 6. The van der Waals surface area contributed by atoms with Gasteiger partial charge in [0.25, 0.3) is 0 Å². The van der Waals surface area contributed by atoms with E-state index >= 15 is 0 Å². The zero-order chi connectivity index (χ0) is 25.8. The topological polar surface area (TPSA) is 83.0 Å². The number of ether oxygens (including phenoxy) is 1. The molecule has 8 heteroatoms. The number of pyridine rings is 1. The summed E-state index contributed by atoms with van der Waals surface area (Å²) >= 11 is 1.58. The van der Waals surface area contributed by atoms with Crippen LogP contribution in [0.4, 0.5) is 4.79 Å². The molecule has 3 aromatic rings. The fraction of sp³-hybridized carbons (Fsp3) is 0.345. The average molecular weight is 518 g/mol. The number of aromatic nitrogens is 1. The molecule has 1 atom stereocenters. The molecular formula is C29H31N3O4S. The summed E-state index contributed by atoms with van der Waals surface area (Å²) in [6.07, 6.45) is 1.69. The molecule has 1 N–H and O–H groups in total. The van der Waals surface area contributed by atoms with E-state index in [1.54, 1.807) is 11.8 Å². The highest BCUT2D eigenvalue weighted by Gasteiger charge is 2.40. The minimum atomic E-state index is -0.826. The summed E-state index contributed by atoms with van der Waals surface area (Å²) in [7, 11) is 0. The van der Waals surface area contributed by atoms with Crippen LogP contribution in [-0.4, -0.2) is 57.7 Å². The molecule has 37 heavy (non-hydrogen) atoms. The van der Waals surface area contributed by atoms with Crippen LogP contribution in [0.3, 0.4) is 0 Å². The van der Waals surface area contributed by atoms with Gasteiger partial charge in [-0.05, 0) is 54.7 Å². The normalized spacial score (nSPS) is 18.7. The number of carbonyl (C=O) groups excluding carboxylic acids is 1. The number of aryl methyl sites for hydroxylation is 1. The quantitative estimate of drug-likeness (QED) is 0.433. The van der Waals surface area contributed by atoms with E-state index in [4.69, 9.17) is 14.8 Å². The standard InChI is InChI=1S/C29H31N3O4S/c1-20-23(9-12-27(30-20)37-25-10-7-21(8-11-25)17-28(33)34)18-31-15-13-24(14-16-31)32-26(19-36-29(32)35)22-5-3-2-4-6-22/h2-12,24,26H,13-19H2,1H3,(H,33,34)/t26-/m0/s1. The van der Waals surface area contributed by atoms with Crippen molar-refractivity contribution in [3.05, 3.63) is 89.1 Å². The molecule has 1 aromatic heterocycles. The second-order valence-electron chi connectivity index (χ2n) is 9.63. The van der Waals surface area contributed by atoms with Crippen LogP contribution in [0.5, 0.6) is 0 Å². The molecule has 1 amide bonds. The van der Waals surface area contributed by atoms with Crippen LogP contribution >= 0.6 is 11.8 Å². The second-order valence-corrected chi connectivity index (χ2v) is 10.7. The molecule has 0 unspecified atom stereocenters. The molecule has 5 rings (SSSR count). The molecule has 0 bridgehead atoms. The van der Waals surface area contributed by atoms with Crippen LogP contribution in [0.1, 0.15) is 41.3 Å². The Morgan fingerprint density at radius 1 is 1.05 bits per heavy atom. The molecule has 192 valence electrons. The lowest BCUT2D eigenvalue weighted by atomic mass is 9.99. The van der Waals surface area contributed by atoms with E-state index in [0.717, 1.165) is 59.2 Å². The Morgan fingerprint density at radius 2 is 1.78 bits per heavy atom. The smallest absolute Gasteiger partial charge is 0.410 e. The van der Waals surface area contributed by atoms with E-state index in [2.05, 4.69) is 29.2 Å². The van der Waals surface area contributed by atoms with Crippen molar-refractivity contribution in [3.8, 4) is 0 Å². The number of carbonyl (C=O) groups is 2. The van der Waals surface area contributed by atoms with E-state index in [1.165, 1.54) is 5.56 Å². The summed E-state index contributed by atoms with van der Waals surface area (Å²) in [4.78, 5) is 33.7. The number of likely N-dealkylation sites (tertiary alicyclic amines) is 1. The molecule has 7 nitrogen and oxygen atoms in total. The maximum Gasteiger partial charge on any atom is 0.410 e. The van der Waals surface area contributed by atoms with Gasteiger partial charge >= 0.3 is 12.1 Å². The fourth-order valence-electron chi connectivity index (χ4n) is 5.13. The third-order valence-electron chi connectivity index (χ3n) is 7.11. The van der Waals surface area contributed by atoms with Gasteiger partial charge in [0.2, 0.25) is 0 Å². The van der Waals surface area contributed by atoms with E-state index in [9.17, 15) is 9.59 Å². The molecule has 2 fully saturated rings. The maximum atomic E-state index is 12.6. The molecule has 0 aliphatic carbocycles. The number of nitrogens with zero attached hydrogens (tertiary/aromatic N) is 3. The summed E-state index contributed by atoms with van der Waals surface area (Å²) in [6, 6.07) is 22.1. The Bertz CT molecular complexity index is 1240. The second kappa shape index (κ2) is 11.4. The van der Waals surface area contributed by atoms with Gasteiger partial charge in [0, 0.05) is 36.3 Å². The van der Waals surface area contributed by atoms with Crippen molar-refractivity contribution in [1.29, 1.82) is 0 Å². The van der Waals surface area contributed by atoms with Crippen LogP contribution < -0.4 is 0 Å². The highest BCUT2D eigenvalue weighted by molar-refractivity contribution is 7.99. The Kier molecular flexibility index (Phi) is 7.76. The lowest BCUT2D eigenvalue weighted by Crippen LogP contribution is -2.46. The third kappa shape index (κ3) is 6.14. The molecule has 2 saturated heterocycles. The van der Waals surface area contributed by atoms with Gasteiger partial charge in [-0.3, -0.25) is 14.6 Å². The van der Waals surface area contributed by atoms with Gasteiger partial charge in [0.15, 0.2) is 0 Å². The van der Waals surface area contributed by atoms with Gasteiger partial charge in [-0.1, -0.05) is 60.3 Å². The fourth-order valence-corrected chi connectivity index (χ4v) is 5.96.